The third-order valence-corrected chi connectivity index (χ3v) is 2.08. The van der Waals surface area contributed by atoms with Crippen molar-refractivity contribution in [1.29, 1.82) is 0 Å². The molecular weight excluding hydrogens is 298 g/mol. The zero-order valence-electron chi connectivity index (χ0n) is 15.4. The van der Waals surface area contributed by atoms with Crippen molar-refractivity contribution in [3.05, 3.63) is 11.6 Å². The van der Waals surface area contributed by atoms with Gasteiger partial charge in [-0.2, -0.15) is 5.10 Å². The van der Waals surface area contributed by atoms with E-state index in [1.807, 2.05) is 19.9 Å². The third-order valence-electron chi connectivity index (χ3n) is 2.08. The van der Waals surface area contributed by atoms with E-state index in [0.717, 1.165) is 5.57 Å². The highest BCUT2D eigenvalue weighted by Crippen LogP contribution is 2.09. The Bertz CT molecular complexity index is 467. The van der Waals surface area contributed by atoms with E-state index < -0.39 is 23.4 Å². The average molecular weight is 327 g/mol. The van der Waals surface area contributed by atoms with E-state index >= 15 is 0 Å². The van der Waals surface area contributed by atoms with Crippen LogP contribution in [0.25, 0.3) is 0 Å². The maximum absolute atomic E-state index is 12.1. The first-order valence-corrected chi connectivity index (χ1v) is 7.45. The molecule has 0 aliphatic carbocycles. The first-order valence-electron chi connectivity index (χ1n) is 7.45. The minimum absolute atomic E-state index is 0.288. The molecular formula is C16H29N3O4. The molecule has 0 radical (unpaired) electrons. The zero-order valence-corrected chi connectivity index (χ0v) is 15.4. The molecule has 0 aromatic carbocycles. The molecule has 0 saturated carbocycles. The average Bonchev–Trinajstić information content (AvgIpc) is 2.28. The molecule has 0 aliphatic rings. The molecule has 0 bridgehead atoms. The maximum Gasteiger partial charge on any atom is 0.428 e. The second-order valence-electron chi connectivity index (χ2n) is 7.27. The molecule has 0 aliphatic heterocycles. The van der Waals surface area contributed by atoms with Gasteiger partial charge in [-0.1, -0.05) is 11.6 Å². The summed E-state index contributed by atoms with van der Waals surface area (Å²) in [6.07, 6.45) is 1.81. The molecule has 0 aromatic rings. The number of nitrogens with zero attached hydrogens (tertiary/aromatic N) is 2. The maximum atomic E-state index is 12.1. The number of rotatable bonds is 4. The number of nitrogens with one attached hydrogen (secondary N) is 1. The van der Waals surface area contributed by atoms with Crippen LogP contribution in [0.1, 0.15) is 55.4 Å². The number of carbonyl (C=O) groups excluding carboxylic acids is 2. The van der Waals surface area contributed by atoms with Crippen LogP contribution in [-0.2, 0) is 9.47 Å². The SMILES string of the molecule is CC(C)=CCN(/C=N/NC(=O)OC(C)(C)C)C(=O)OC(C)(C)C. The van der Waals surface area contributed by atoms with Gasteiger partial charge in [0.25, 0.3) is 0 Å². The zero-order chi connectivity index (χ0) is 18.3. The molecule has 2 amide bonds. The van der Waals surface area contributed by atoms with Crippen molar-refractivity contribution in [2.45, 2.75) is 66.6 Å². The second kappa shape index (κ2) is 8.55. The van der Waals surface area contributed by atoms with E-state index in [0.29, 0.717) is 0 Å². The first-order chi connectivity index (χ1) is 10.3. The summed E-state index contributed by atoms with van der Waals surface area (Å²) < 4.78 is 10.3. The molecule has 7 heteroatoms. The van der Waals surface area contributed by atoms with E-state index in [2.05, 4.69) is 10.5 Å². The molecule has 132 valence electrons. The molecule has 0 fully saturated rings. The van der Waals surface area contributed by atoms with Crippen LogP contribution >= 0.6 is 0 Å². The van der Waals surface area contributed by atoms with Gasteiger partial charge in [-0.3, -0.25) is 4.90 Å². The van der Waals surface area contributed by atoms with Gasteiger partial charge in [0.15, 0.2) is 0 Å². The lowest BCUT2D eigenvalue weighted by Crippen LogP contribution is -2.37. The molecule has 0 saturated heterocycles. The van der Waals surface area contributed by atoms with E-state index in [-0.39, 0.29) is 6.54 Å². The fraction of sp³-hybridized carbons (Fsp3) is 0.688. The summed E-state index contributed by atoms with van der Waals surface area (Å²) in [7, 11) is 0. The summed E-state index contributed by atoms with van der Waals surface area (Å²) in [6.45, 7) is 14.7. The standard InChI is InChI=1S/C16H29N3O4/c1-12(2)9-10-19(14(21)23-16(6,7)8)11-17-18-13(20)22-15(3,4)5/h9,11H,10H2,1-8H3,(H,18,20)/b17-11+. The van der Waals surface area contributed by atoms with Crippen molar-refractivity contribution in [3.63, 3.8) is 0 Å². The number of hydrazone groups is 1. The van der Waals surface area contributed by atoms with Gasteiger partial charge in [0.2, 0.25) is 0 Å². The Kier molecular flexibility index (Phi) is 7.79. The predicted octanol–water partition coefficient (Wildman–Crippen LogP) is 3.66. The molecule has 0 rings (SSSR count). The monoisotopic (exact) mass is 327 g/mol. The van der Waals surface area contributed by atoms with Gasteiger partial charge in [0, 0.05) is 6.54 Å². The summed E-state index contributed by atoms with van der Waals surface area (Å²) in [4.78, 5) is 24.9. The Hall–Kier alpha value is -2.05. The van der Waals surface area contributed by atoms with Gasteiger partial charge in [0.05, 0.1) is 0 Å². The fourth-order valence-corrected chi connectivity index (χ4v) is 1.22. The molecule has 1 N–H and O–H groups in total. The number of ether oxygens (including phenoxy) is 2. The second-order valence-corrected chi connectivity index (χ2v) is 7.27. The van der Waals surface area contributed by atoms with Gasteiger partial charge in [-0.25, -0.2) is 15.0 Å². The molecule has 0 spiro atoms. The molecule has 7 nitrogen and oxygen atoms in total. The minimum Gasteiger partial charge on any atom is -0.443 e. The fourth-order valence-electron chi connectivity index (χ4n) is 1.22. The van der Waals surface area contributed by atoms with Crippen molar-refractivity contribution >= 4 is 18.5 Å². The van der Waals surface area contributed by atoms with Crippen molar-refractivity contribution in [2.75, 3.05) is 6.54 Å². The van der Waals surface area contributed by atoms with Crippen LogP contribution in [0, 0.1) is 0 Å². The van der Waals surface area contributed by atoms with Crippen molar-refractivity contribution in [3.8, 4) is 0 Å². The Morgan fingerprint density at radius 3 is 2.00 bits per heavy atom. The Morgan fingerprint density at radius 2 is 1.57 bits per heavy atom. The van der Waals surface area contributed by atoms with Gasteiger partial charge < -0.3 is 9.47 Å². The highest BCUT2D eigenvalue weighted by molar-refractivity contribution is 5.83. The first kappa shape index (κ1) is 20.9. The van der Waals surface area contributed by atoms with E-state index in [1.54, 1.807) is 41.5 Å². The lowest BCUT2D eigenvalue weighted by atomic mass is 10.2. The molecule has 23 heavy (non-hydrogen) atoms. The van der Waals surface area contributed by atoms with Crippen LogP contribution in [-0.4, -0.2) is 41.2 Å². The molecule has 0 unspecified atom stereocenters. The normalized spacial score (nSPS) is 11.8. The van der Waals surface area contributed by atoms with Crippen LogP contribution in [0.5, 0.6) is 0 Å². The van der Waals surface area contributed by atoms with Gasteiger partial charge in [-0.15, -0.1) is 0 Å². The van der Waals surface area contributed by atoms with Crippen molar-refractivity contribution < 1.29 is 19.1 Å². The highest BCUT2D eigenvalue weighted by Gasteiger charge is 2.21. The molecule has 0 atom stereocenters. The van der Waals surface area contributed by atoms with E-state index in [1.165, 1.54) is 11.2 Å². The molecule has 0 aromatic heterocycles. The van der Waals surface area contributed by atoms with Crippen molar-refractivity contribution in [1.82, 2.24) is 10.3 Å². The summed E-state index contributed by atoms with van der Waals surface area (Å²) in [5, 5.41) is 3.73. The summed E-state index contributed by atoms with van der Waals surface area (Å²) in [5.41, 5.74) is 2.02. The summed E-state index contributed by atoms with van der Waals surface area (Å²) in [5.74, 6) is 0. The number of allylic oxidation sites excluding steroid dienone is 1. The van der Waals surface area contributed by atoms with E-state index in [9.17, 15) is 9.59 Å². The summed E-state index contributed by atoms with van der Waals surface area (Å²) >= 11 is 0. The Balaban J connectivity index is 4.81. The summed E-state index contributed by atoms with van der Waals surface area (Å²) in [6, 6.07) is 0. The highest BCUT2D eigenvalue weighted by atomic mass is 16.6. The van der Waals surface area contributed by atoms with Gasteiger partial charge in [0.1, 0.15) is 17.5 Å². The quantitative estimate of drug-likeness (QED) is 0.370. The smallest absolute Gasteiger partial charge is 0.428 e. The third kappa shape index (κ3) is 12.2. The number of hydrogen-bond donors (Lipinski definition) is 1. The minimum atomic E-state index is -0.694. The van der Waals surface area contributed by atoms with Crippen LogP contribution in [0.4, 0.5) is 9.59 Å². The van der Waals surface area contributed by atoms with Crippen LogP contribution in [0.15, 0.2) is 16.8 Å². The molecule has 0 heterocycles. The van der Waals surface area contributed by atoms with Crippen LogP contribution < -0.4 is 5.43 Å². The lowest BCUT2D eigenvalue weighted by molar-refractivity contribution is 0.0385. The van der Waals surface area contributed by atoms with Gasteiger partial charge in [-0.05, 0) is 55.4 Å². The Labute approximate surface area is 138 Å². The van der Waals surface area contributed by atoms with Gasteiger partial charge >= 0.3 is 12.2 Å². The van der Waals surface area contributed by atoms with Crippen molar-refractivity contribution in [2.24, 2.45) is 5.10 Å². The van der Waals surface area contributed by atoms with E-state index in [4.69, 9.17) is 9.47 Å². The van der Waals surface area contributed by atoms with Crippen LogP contribution in [0.2, 0.25) is 0 Å². The number of hydrogen-bond acceptors (Lipinski definition) is 5. The number of amides is 2. The lowest BCUT2D eigenvalue weighted by Gasteiger charge is -2.24. The topological polar surface area (TPSA) is 80.2 Å². The Morgan fingerprint density at radius 1 is 1.04 bits per heavy atom. The largest absolute Gasteiger partial charge is 0.443 e. The van der Waals surface area contributed by atoms with Crippen LogP contribution in [0.3, 0.4) is 0 Å². The number of carbonyl (C=O) groups is 2. The predicted molar refractivity (Wildman–Crippen MR) is 90.2 cm³/mol.